The first kappa shape index (κ1) is 17.3. The van der Waals surface area contributed by atoms with Gasteiger partial charge in [0, 0.05) is 5.92 Å². The highest BCUT2D eigenvalue weighted by molar-refractivity contribution is 5.81. The lowest BCUT2D eigenvalue weighted by molar-refractivity contribution is -0.141. The number of alkyl halides is 3. The first-order valence-electron chi connectivity index (χ1n) is 7.39. The zero-order valence-corrected chi connectivity index (χ0v) is 12.6. The number of carboxylic acid groups (broad SMARTS) is 1. The number of aliphatic carboxylic acids is 1. The molecule has 4 nitrogen and oxygen atoms in total. The van der Waals surface area contributed by atoms with E-state index in [1.165, 1.54) is 12.1 Å². The van der Waals surface area contributed by atoms with E-state index in [2.05, 4.69) is 5.32 Å². The largest absolute Gasteiger partial charge is 0.481 e. The van der Waals surface area contributed by atoms with Gasteiger partial charge >= 0.3 is 12.1 Å². The Morgan fingerprint density at radius 2 is 1.91 bits per heavy atom. The van der Waals surface area contributed by atoms with Gasteiger partial charge in [-0.1, -0.05) is 12.1 Å². The molecule has 0 bridgehead atoms. The van der Waals surface area contributed by atoms with Crippen LogP contribution in [0.4, 0.5) is 13.2 Å². The highest BCUT2D eigenvalue weighted by atomic mass is 19.4. The molecule has 126 valence electrons. The van der Waals surface area contributed by atoms with Crippen LogP contribution in [0.2, 0.25) is 0 Å². The van der Waals surface area contributed by atoms with Crippen LogP contribution in [0.15, 0.2) is 24.3 Å². The standard InChI is InChI=1S/C16H18F3NO3/c1-9(10-3-2-4-13(8-10)16(17,18)19)20-14(21)11-5-6-12(7-11)15(22)23/h2-4,8-9,11-12H,5-7H2,1H3,(H,20,21)(H,22,23)/t9?,11-,12+/m1/s1. The van der Waals surface area contributed by atoms with Crippen LogP contribution in [0.25, 0.3) is 0 Å². The number of carbonyl (C=O) groups is 2. The van der Waals surface area contributed by atoms with Gasteiger partial charge < -0.3 is 10.4 Å². The maximum absolute atomic E-state index is 12.7. The third-order valence-electron chi connectivity index (χ3n) is 4.23. The molecule has 0 radical (unpaired) electrons. The van der Waals surface area contributed by atoms with E-state index < -0.39 is 35.6 Å². The Bertz CT molecular complexity index is 600. The quantitative estimate of drug-likeness (QED) is 0.890. The average molecular weight is 329 g/mol. The Kier molecular flexibility index (Phi) is 4.97. The summed E-state index contributed by atoms with van der Waals surface area (Å²) < 4.78 is 38.1. The van der Waals surface area contributed by atoms with Crippen molar-refractivity contribution in [1.29, 1.82) is 0 Å². The van der Waals surface area contributed by atoms with E-state index in [4.69, 9.17) is 5.11 Å². The van der Waals surface area contributed by atoms with Crippen molar-refractivity contribution in [2.45, 2.75) is 38.4 Å². The van der Waals surface area contributed by atoms with Crippen LogP contribution in [0, 0.1) is 11.8 Å². The first-order valence-corrected chi connectivity index (χ1v) is 7.39. The molecule has 0 saturated heterocycles. The normalized spacial score (nSPS) is 22.6. The minimum Gasteiger partial charge on any atom is -0.481 e. The summed E-state index contributed by atoms with van der Waals surface area (Å²) >= 11 is 0. The molecular formula is C16H18F3NO3. The molecule has 1 amide bonds. The predicted octanol–water partition coefficient (Wildman–Crippen LogP) is 3.38. The Hall–Kier alpha value is -2.05. The summed E-state index contributed by atoms with van der Waals surface area (Å²) in [6, 6.07) is 4.24. The molecule has 1 unspecified atom stereocenters. The molecule has 3 atom stereocenters. The number of carbonyl (C=O) groups excluding carboxylic acids is 1. The van der Waals surface area contributed by atoms with Gasteiger partial charge in [-0.15, -0.1) is 0 Å². The SMILES string of the molecule is CC(NC(=O)[C@@H]1CC[C@H](C(=O)O)C1)c1cccc(C(F)(F)F)c1. The van der Waals surface area contributed by atoms with Crippen LogP contribution < -0.4 is 5.32 Å². The predicted molar refractivity (Wildman–Crippen MR) is 76.5 cm³/mol. The van der Waals surface area contributed by atoms with Crippen LogP contribution in [0.1, 0.15) is 43.4 Å². The van der Waals surface area contributed by atoms with E-state index in [0.29, 0.717) is 18.4 Å². The van der Waals surface area contributed by atoms with E-state index in [1.54, 1.807) is 6.92 Å². The first-order chi connectivity index (χ1) is 10.7. The summed E-state index contributed by atoms with van der Waals surface area (Å²) in [6.07, 6.45) is -3.22. The van der Waals surface area contributed by atoms with Gasteiger partial charge in [-0.2, -0.15) is 13.2 Å². The van der Waals surface area contributed by atoms with Crippen molar-refractivity contribution in [2.75, 3.05) is 0 Å². The van der Waals surface area contributed by atoms with Crippen molar-refractivity contribution >= 4 is 11.9 Å². The van der Waals surface area contributed by atoms with Gasteiger partial charge in [0.1, 0.15) is 0 Å². The number of nitrogens with one attached hydrogen (secondary N) is 1. The molecular weight excluding hydrogens is 311 g/mol. The second kappa shape index (κ2) is 6.60. The molecule has 1 fully saturated rings. The number of carboxylic acids is 1. The van der Waals surface area contributed by atoms with E-state index in [0.717, 1.165) is 12.1 Å². The van der Waals surface area contributed by atoms with E-state index in [-0.39, 0.29) is 12.3 Å². The molecule has 1 aliphatic carbocycles. The summed E-state index contributed by atoms with van der Waals surface area (Å²) in [5.74, 6) is -2.14. The fourth-order valence-corrected chi connectivity index (χ4v) is 2.84. The molecule has 1 aliphatic rings. The molecule has 0 aromatic heterocycles. The van der Waals surface area contributed by atoms with Crippen molar-refractivity contribution in [2.24, 2.45) is 11.8 Å². The molecule has 0 aliphatic heterocycles. The van der Waals surface area contributed by atoms with Crippen LogP contribution in [0.3, 0.4) is 0 Å². The highest BCUT2D eigenvalue weighted by Gasteiger charge is 2.34. The summed E-state index contributed by atoms with van der Waals surface area (Å²) in [5, 5.41) is 11.6. The van der Waals surface area contributed by atoms with Crippen molar-refractivity contribution < 1.29 is 27.9 Å². The Balaban J connectivity index is 2.01. The van der Waals surface area contributed by atoms with Gasteiger partial charge in [-0.3, -0.25) is 9.59 Å². The number of halogens is 3. The summed E-state index contributed by atoms with van der Waals surface area (Å²) in [4.78, 5) is 23.1. The maximum atomic E-state index is 12.7. The van der Waals surface area contributed by atoms with E-state index in [9.17, 15) is 22.8 Å². The van der Waals surface area contributed by atoms with Gasteiger partial charge in [-0.05, 0) is 43.9 Å². The van der Waals surface area contributed by atoms with E-state index >= 15 is 0 Å². The molecule has 23 heavy (non-hydrogen) atoms. The topological polar surface area (TPSA) is 66.4 Å². The molecule has 1 saturated carbocycles. The number of benzene rings is 1. The number of amides is 1. The summed E-state index contributed by atoms with van der Waals surface area (Å²) in [5.41, 5.74) is -0.399. The Labute approximate surface area is 131 Å². The lowest BCUT2D eigenvalue weighted by atomic mass is 10.0. The summed E-state index contributed by atoms with van der Waals surface area (Å²) in [7, 11) is 0. The monoisotopic (exact) mass is 329 g/mol. The van der Waals surface area contributed by atoms with Crippen LogP contribution in [0.5, 0.6) is 0 Å². The second-order valence-electron chi connectivity index (χ2n) is 5.90. The van der Waals surface area contributed by atoms with Crippen LogP contribution in [-0.4, -0.2) is 17.0 Å². The number of rotatable bonds is 4. The van der Waals surface area contributed by atoms with Crippen molar-refractivity contribution in [3.63, 3.8) is 0 Å². The fourth-order valence-electron chi connectivity index (χ4n) is 2.84. The Morgan fingerprint density at radius 1 is 1.26 bits per heavy atom. The van der Waals surface area contributed by atoms with Gasteiger partial charge in [0.05, 0.1) is 17.5 Å². The smallest absolute Gasteiger partial charge is 0.416 e. The summed E-state index contributed by atoms with van der Waals surface area (Å²) in [6.45, 7) is 1.61. The van der Waals surface area contributed by atoms with Gasteiger partial charge in [0.15, 0.2) is 0 Å². The molecule has 1 aromatic carbocycles. The second-order valence-corrected chi connectivity index (χ2v) is 5.90. The fraction of sp³-hybridized carbons (Fsp3) is 0.500. The Morgan fingerprint density at radius 3 is 2.48 bits per heavy atom. The maximum Gasteiger partial charge on any atom is 0.416 e. The zero-order valence-electron chi connectivity index (χ0n) is 12.6. The average Bonchev–Trinajstić information content (AvgIpc) is 2.96. The molecule has 2 N–H and O–H groups in total. The van der Waals surface area contributed by atoms with Gasteiger partial charge in [0.25, 0.3) is 0 Å². The molecule has 0 spiro atoms. The lowest BCUT2D eigenvalue weighted by Gasteiger charge is -2.18. The third-order valence-corrected chi connectivity index (χ3v) is 4.23. The zero-order chi connectivity index (χ0) is 17.2. The minimum absolute atomic E-state index is 0.274. The molecule has 7 heteroatoms. The molecule has 0 heterocycles. The lowest BCUT2D eigenvalue weighted by Crippen LogP contribution is -2.32. The van der Waals surface area contributed by atoms with Crippen molar-refractivity contribution in [1.82, 2.24) is 5.32 Å². The number of hydrogen-bond acceptors (Lipinski definition) is 2. The minimum atomic E-state index is -4.43. The van der Waals surface area contributed by atoms with Crippen LogP contribution in [-0.2, 0) is 15.8 Å². The number of hydrogen-bond donors (Lipinski definition) is 2. The third kappa shape index (κ3) is 4.24. The van der Waals surface area contributed by atoms with Gasteiger partial charge in [-0.25, -0.2) is 0 Å². The van der Waals surface area contributed by atoms with E-state index in [1.807, 2.05) is 0 Å². The van der Waals surface area contributed by atoms with Gasteiger partial charge in [0.2, 0.25) is 5.91 Å². The van der Waals surface area contributed by atoms with Crippen molar-refractivity contribution in [3.05, 3.63) is 35.4 Å². The van der Waals surface area contributed by atoms with Crippen molar-refractivity contribution in [3.8, 4) is 0 Å². The molecule has 2 rings (SSSR count). The van der Waals surface area contributed by atoms with Crippen LogP contribution >= 0.6 is 0 Å². The highest BCUT2D eigenvalue weighted by Crippen LogP contribution is 2.33. The molecule has 1 aromatic rings.